The molecule has 0 N–H and O–H groups in total. The zero-order chi connectivity index (χ0) is 11.0. The van der Waals surface area contributed by atoms with E-state index in [1.807, 2.05) is 0 Å². The van der Waals surface area contributed by atoms with E-state index in [0.29, 0.717) is 0 Å². The van der Waals surface area contributed by atoms with Gasteiger partial charge in [-0.15, -0.1) is 0 Å². The fourth-order valence-electron chi connectivity index (χ4n) is 1.33. The molecule has 1 nitrogen and oxygen atoms in total. The van der Waals surface area contributed by atoms with Crippen molar-refractivity contribution >= 4 is 52.9 Å². The maximum Gasteiger partial charge on any atom is 0.213 e. The summed E-state index contributed by atoms with van der Waals surface area (Å²) >= 11 is 22.3. The number of hydrogen-bond donors (Lipinski definition) is 0. The van der Waals surface area contributed by atoms with Crippen molar-refractivity contribution in [3.8, 4) is 0 Å². The van der Waals surface area contributed by atoms with E-state index < -0.39 is 10.1 Å². The molecule has 0 aromatic heterocycles. The monoisotopic (exact) mass is 292 g/mol. The van der Waals surface area contributed by atoms with Crippen molar-refractivity contribution in [3.63, 3.8) is 0 Å². The standard InChI is InChI=1S/C8H12Cl3OPS/c1-6-3-13(14,4-7(6)2)12-5-8(9,10)11/h3-5H2,1-2H3. The van der Waals surface area contributed by atoms with Crippen LogP contribution in [0.4, 0.5) is 0 Å². The van der Waals surface area contributed by atoms with Crippen LogP contribution in [-0.2, 0) is 16.3 Å². The lowest BCUT2D eigenvalue weighted by Gasteiger charge is -2.20. The maximum atomic E-state index is 5.61. The van der Waals surface area contributed by atoms with Crippen molar-refractivity contribution < 1.29 is 4.52 Å². The molecule has 14 heavy (non-hydrogen) atoms. The van der Waals surface area contributed by atoms with Gasteiger partial charge in [0.2, 0.25) is 3.79 Å². The topological polar surface area (TPSA) is 9.23 Å². The van der Waals surface area contributed by atoms with E-state index in [4.69, 9.17) is 51.1 Å². The number of hydrogen-bond acceptors (Lipinski definition) is 2. The smallest absolute Gasteiger partial charge is 0.213 e. The lowest BCUT2D eigenvalue weighted by atomic mass is 10.2. The Kier molecular flexibility index (Phi) is 4.37. The molecule has 1 aliphatic rings. The third-order valence-electron chi connectivity index (χ3n) is 2.15. The van der Waals surface area contributed by atoms with Crippen molar-refractivity contribution in [3.05, 3.63) is 11.1 Å². The van der Waals surface area contributed by atoms with Gasteiger partial charge in [-0.1, -0.05) is 57.8 Å². The third kappa shape index (κ3) is 4.00. The highest BCUT2D eigenvalue weighted by Crippen LogP contribution is 2.56. The second-order valence-electron chi connectivity index (χ2n) is 3.58. The maximum absolute atomic E-state index is 5.61. The first-order valence-electron chi connectivity index (χ1n) is 4.16. The molecule has 1 aliphatic heterocycles. The van der Waals surface area contributed by atoms with Crippen LogP contribution in [0.2, 0.25) is 0 Å². The Hall–Kier alpha value is 1.22. The molecule has 1 heterocycles. The number of alkyl halides is 3. The highest BCUT2D eigenvalue weighted by Gasteiger charge is 2.30. The number of halogens is 3. The van der Waals surface area contributed by atoms with Gasteiger partial charge in [0.25, 0.3) is 0 Å². The first-order valence-corrected chi connectivity index (χ1v) is 8.39. The molecule has 1 rings (SSSR count). The highest BCUT2D eigenvalue weighted by molar-refractivity contribution is 8.12. The first kappa shape index (κ1) is 13.3. The Morgan fingerprint density at radius 3 is 2.07 bits per heavy atom. The summed E-state index contributed by atoms with van der Waals surface area (Å²) < 4.78 is 4.23. The van der Waals surface area contributed by atoms with Crippen LogP contribution in [0.5, 0.6) is 0 Å². The van der Waals surface area contributed by atoms with E-state index in [9.17, 15) is 0 Å². The van der Waals surface area contributed by atoms with Gasteiger partial charge in [0.1, 0.15) is 0 Å². The molecule has 6 heteroatoms. The van der Waals surface area contributed by atoms with Gasteiger partial charge < -0.3 is 4.52 Å². The molecule has 0 atom stereocenters. The number of allylic oxidation sites excluding steroid dienone is 2. The summed E-state index contributed by atoms with van der Waals surface area (Å²) in [4.78, 5) is 0. The largest absolute Gasteiger partial charge is 0.346 e. The molecule has 0 unspecified atom stereocenters. The van der Waals surface area contributed by atoms with Crippen molar-refractivity contribution in [1.29, 1.82) is 0 Å². The Morgan fingerprint density at radius 1 is 1.29 bits per heavy atom. The van der Waals surface area contributed by atoms with Gasteiger partial charge >= 0.3 is 0 Å². The summed E-state index contributed by atoms with van der Waals surface area (Å²) in [5.74, 6) is 0. The van der Waals surface area contributed by atoms with Gasteiger partial charge in [0.15, 0.2) is 0 Å². The highest BCUT2D eigenvalue weighted by atomic mass is 35.6. The van der Waals surface area contributed by atoms with Gasteiger partial charge in [-0.05, 0) is 13.8 Å². The minimum Gasteiger partial charge on any atom is -0.346 e. The molecular weight excluding hydrogens is 281 g/mol. The second kappa shape index (κ2) is 4.61. The van der Waals surface area contributed by atoms with E-state index >= 15 is 0 Å². The Bertz CT molecular complexity index is 290. The van der Waals surface area contributed by atoms with Gasteiger partial charge in [0, 0.05) is 12.3 Å². The van der Waals surface area contributed by atoms with Crippen molar-refractivity contribution in [2.75, 3.05) is 18.9 Å². The van der Waals surface area contributed by atoms with Crippen LogP contribution in [0.3, 0.4) is 0 Å². The summed E-state index contributed by atoms with van der Waals surface area (Å²) in [5, 5.41) is 0. The van der Waals surface area contributed by atoms with Gasteiger partial charge in [-0.2, -0.15) is 0 Å². The Morgan fingerprint density at radius 2 is 1.71 bits per heavy atom. The van der Waals surface area contributed by atoms with Gasteiger partial charge in [0.05, 0.1) is 12.9 Å². The van der Waals surface area contributed by atoms with Crippen LogP contribution in [0.1, 0.15) is 13.8 Å². The number of rotatable bonds is 2. The van der Waals surface area contributed by atoms with Crippen LogP contribution in [0.15, 0.2) is 11.1 Å². The minimum atomic E-state index is -1.77. The van der Waals surface area contributed by atoms with Crippen molar-refractivity contribution in [2.24, 2.45) is 0 Å². The van der Waals surface area contributed by atoms with Crippen LogP contribution in [0, 0.1) is 0 Å². The summed E-state index contributed by atoms with van der Waals surface area (Å²) in [6.07, 6.45) is -0.0607. The molecule has 0 aromatic carbocycles. The van der Waals surface area contributed by atoms with Gasteiger partial charge in [-0.25, -0.2) is 0 Å². The molecule has 0 spiro atoms. The van der Waals surface area contributed by atoms with Crippen molar-refractivity contribution in [2.45, 2.75) is 17.6 Å². The van der Waals surface area contributed by atoms with E-state index in [0.717, 1.165) is 12.3 Å². The average molecular weight is 294 g/mol. The Labute approximate surface area is 105 Å². The molecule has 0 fully saturated rings. The predicted molar refractivity (Wildman–Crippen MR) is 68.6 cm³/mol. The van der Waals surface area contributed by atoms with Crippen LogP contribution >= 0.6 is 41.1 Å². The zero-order valence-corrected chi connectivity index (χ0v) is 12.0. The fraction of sp³-hybridized carbons (Fsp3) is 0.750. The second-order valence-corrected chi connectivity index (χ2v) is 10.6. The van der Waals surface area contributed by atoms with E-state index in [1.165, 1.54) is 11.1 Å². The fourth-order valence-corrected chi connectivity index (χ4v) is 5.75. The molecule has 0 aliphatic carbocycles. The predicted octanol–water partition coefficient (Wildman–Crippen LogP) is 4.12. The molecule has 0 aromatic rings. The Balaban J connectivity index is 2.53. The lowest BCUT2D eigenvalue weighted by Crippen LogP contribution is -2.12. The summed E-state index contributed by atoms with van der Waals surface area (Å²) in [6.45, 7) is 4.26. The molecule has 82 valence electrons. The van der Waals surface area contributed by atoms with E-state index in [-0.39, 0.29) is 6.61 Å². The quantitative estimate of drug-likeness (QED) is 0.430. The average Bonchev–Trinajstić information content (AvgIpc) is 2.23. The first-order chi connectivity index (χ1) is 6.22. The molecule has 0 amide bonds. The zero-order valence-electron chi connectivity index (χ0n) is 8.02. The van der Waals surface area contributed by atoms with Crippen LogP contribution in [0.25, 0.3) is 0 Å². The van der Waals surface area contributed by atoms with Crippen LogP contribution < -0.4 is 0 Å². The minimum absolute atomic E-state index is 0.0928. The molecule has 0 saturated carbocycles. The third-order valence-corrected chi connectivity index (χ3v) is 6.08. The summed E-state index contributed by atoms with van der Waals surface area (Å²) in [6, 6.07) is 0. The molecule has 0 radical (unpaired) electrons. The SMILES string of the molecule is CC1=C(C)CP(=S)(OCC(Cl)(Cl)Cl)C1. The molecular formula is C8H12Cl3OPS. The molecule has 0 saturated heterocycles. The van der Waals surface area contributed by atoms with Gasteiger partial charge in [-0.3, -0.25) is 0 Å². The summed E-state index contributed by atoms with van der Waals surface area (Å²) in [7, 11) is 0. The van der Waals surface area contributed by atoms with Crippen molar-refractivity contribution in [1.82, 2.24) is 0 Å². The summed E-state index contributed by atoms with van der Waals surface area (Å²) in [5.41, 5.74) is 2.66. The van der Waals surface area contributed by atoms with Crippen LogP contribution in [-0.4, -0.2) is 22.7 Å². The van der Waals surface area contributed by atoms with E-state index in [1.54, 1.807) is 0 Å². The lowest BCUT2D eigenvalue weighted by molar-refractivity contribution is 0.362. The molecule has 0 bridgehead atoms. The normalized spacial score (nSPS) is 21.8. The van der Waals surface area contributed by atoms with E-state index in [2.05, 4.69) is 13.8 Å².